The monoisotopic (exact) mass is 312 g/mol. The van der Waals surface area contributed by atoms with E-state index in [2.05, 4.69) is 0 Å². The van der Waals surface area contributed by atoms with E-state index in [1.165, 1.54) is 56.7 Å². The number of hydrogen-bond acceptors (Lipinski definition) is 3. The third-order valence-electron chi connectivity index (χ3n) is 3.41. The highest BCUT2D eigenvalue weighted by Gasteiger charge is 2.56. The number of ether oxygens (including phenoxy) is 2. The molecule has 2 aromatic rings. The fourth-order valence-corrected chi connectivity index (χ4v) is 2.17. The van der Waals surface area contributed by atoms with Crippen LogP contribution >= 0.6 is 0 Å². The van der Waals surface area contributed by atoms with Crippen LogP contribution in [0.1, 0.15) is 11.1 Å². The van der Waals surface area contributed by atoms with Gasteiger partial charge in [0.25, 0.3) is 0 Å². The standard InChI is InChI=1S/C16H15F3O3/c1-21-13-8-6-11(7-9-13)15(20,16(17,18)19)12-4-3-5-14(10-12)22-2/h3-10,20H,1-2H3. The lowest BCUT2D eigenvalue weighted by atomic mass is 9.85. The Morgan fingerprint density at radius 2 is 1.41 bits per heavy atom. The molecule has 0 radical (unpaired) electrons. The van der Waals surface area contributed by atoms with Gasteiger partial charge in [-0.3, -0.25) is 0 Å². The average Bonchev–Trinajstić information content (AvgIpc) is 2.53. The van der Waals surface area contributed by atoms with E-state index in [4.69, 9.17) is 9.47 Å². The van der Waals surface area contributed by atoms with Crippen molar-refractivity contribution < 1.29 is 27.8 Å². The minimum absolute atomic E-state index is 0.230. The molecule has 1 unspecified atom stereocenters. The molecule has 118 valence electrons. The van der Waals surface area contributed by atoms with Crippen molar-refractivity contribution in [2.24, 2.45) is 0 Å². The molecule has 0 fully saturated rings. The van der Waals surface area contributed by atoms with E-state index in [0.29, 0.717) is 5.75 Å². The summed E-state index contributed by atoms with van der Waals surface area (Å²) in [5.41, 5.74) is -3.74. The Bertz CT molecular complexity index is 638. The molecule has 0 spiro atoms. The van der Waals surface area contributed by atoms with Gasteiger partial charge in [-0.25, -0.2) is 0 Å². The summed E-state index contributed by atoms with van der Waals surface area (Å²) >= 11 is 0. The van der Waals surface area contributed by atoms with Crippen LogP contribution in [0.25, 0.3) is 0 Å². The molecular weight excluding hydrogens is 297 g/mol. The molecule has 3 nitrogen and oxygen atoms in total. The quantitative estimate of drug-likeness (QED) is 0.939. The number of halogens is 3. The molecule has 1 atom stereocenters. The number of hydrogen-bond donors (Lipinski definition) is 1. The predicted molar refractivity (Wildman–Crippen MR) is 75.0 cm³/mol. The second kappa shape index (κ2) is 5.88. The van der Waals surface area contributed by atoms with E-state index in [1.807, 2.05) is 0 Å². The van der Waals surface area contributed by atoms with Crippen LogP contribution in [0.2, 0.25) is 0 Å². The van der Waals surface area contributed by atoms with E-state index in [9.17, 15) is 18.3 Å². The van der Waals surface area contributed by atoms with Crippen LogP contribution < -0.4 is 9.47 Å². The first-order valence-corrected chi connectivity index (χ1v) is 6.41. The SMILES string of the molecule is COc1ccc(C(O)(c2cccc(OC)c2)C(F)(F)F)cc1. The van der Waals surface area contributed by atoms with Gasteiger partial charge in [0.15, 0.2) is 0 Å². The Labute approximate surface area is 125 Å². The highest BCUT2D eigenvalue weighted by molar-refractivity contribution is 5.43. The van der Waals surface area contributed by atoms with Crippen molar-refractivity contribution in [2.45, 2.75) is 11.8 Å². The van der Waals surface area contributed by atoms with Crippen molar-refractivity contribution >= 4 is 0 Å². The van der Waals surface area contributed by atoms with Crippen molar-refractivity contribution in [1.29, 1.82) is 0 Å². The van der Waals surface area contributed by atoms with Crippen LogP contribution in [0.5, 0.6) is 11.5 Å². The zero-order chi connectivity index (χ0) is 16.4. The number of aliphatic hydroxyl groups is 1. The smallest absolute Gasteiger partial charge is 0.425 e. The Morgan fingerprint density at radius 3 is 1.91 bits per heavy atom. The van der Waals surface area contributed by atoms with E-state index < -0.39 is 11.8 Å². The van der Waals surface area contributed by atoms with Gasteiger partial charge >= 0.3 is 6.18 Å². The average molecular weight is 312 g/mol. The Kier molecular flexibility index (Phi) is 4.32. The molecule has 0 saturated heterocycles. The Balaban J connectivity index is 2.61. The van der Waals surface area contributed by atoms with Gasteiger partial charge < -0.3 is 14.6 Å². The van der Waals surface area contributed by atoms with Gasteiger partial charge in [-0.05, 0) is 29.8 Å². The van der Waals surface area contributed by atoms with Gasteiger partial charge in [-0.1, -0.05) is 24.3 Å². The molecule has 2 rings (SSSR count). The van der Waals surface area contributed by atoms with Gasteiger partial charge in [-0.15, -0.1) is 0 Å². The normalized spacial score (nSPS) is 14.3. The third-order valence-corrected chi connectivity index (χ3v) is 3.41. The number of rotatable bonds is 4. The minimum Gasteiger partial charge on any atom is -0.497 e. The summed E-state index contributed by atoms with van der Waals surface area (Å²) in [5, 5.41) is 10.5. The largest absolute Gasteiger partial charge is 0.497 e. The van der Waals surface area contributed by atoms with Gasteiger partial charge in [0.2, 0.25) is 5.60 Å². The Hall–Kier alpha value is -2.21. The molecule has 6 heteroatoms. The topological polar surface area (TPSA) is 38.7 Å². The fraction of sp³-hybridized carbons (Fsp3) is 0.250. The van der Waals surface area contributed by atoms with Crippen molar-refractivity contribution in [3.63, 3.8) is 0 Å². The first-order chi connectivity index (χ1) is 10.3. The number of benzene rings is 2. The summed E-state index contributed by atoms with van der Waals surface area (Å²) in [6.45, 7) is 0. The van der Waals surface area contributed by atoms with Crippen molar-refractivity contribution in [1.82, 2.24) is 0 Å². The van der Waals surface area contributed by atoms with E-state index in [1.54, 1.807) is 0 Å². The highest BCUT2D eigenvalue weighted by Crippen LogP contribution is 2.45. The lowest BCUT2D eigenvalue weighted by molar-refractivity contribution is -0.248. The lowest BCUT2D eigenvalue weighted by Crippen LogP contribution is -2.43. The first-order valence-electron chi connectivity index (χ1n) is 6.41. The van der Waals surface area contributed by atoms with E-state index in [0.717, 1.165) is 6.07 Å². The maximum Gasteiger partial charge on any atom is 0.425 e. The Morgan fingerprint density at radius 1 is 0.818 bits per heavy atom. The van der Waals surface area contributed by atoms with Gasteiger partial charge in [0, 0.05) is 5.56 Å². The van der Waals surface area contributed by atoms with Crippen LogP contribution in [-0.4, -0.2) is 25.5 Å². The van der Waals surface area contributed by atoms with Crippen molar-refractivity contribution in [2.75, 3.05) is 14.2 Å². The molecule has 2 aromatic carbocycles. The molecule has 1 N–H and O–H groups in total. The molecule has 0 aliphatic carbocycles. The minimum atomic E-state index is -4.89. The van der Waals surface area contributed by atoms with Crippen molar-refractivity contribution in [3.05, 3.63) is 59.7 Å². The summed E-state index contributed by atoms with van der Waals surface area (Å²) in [7, 11) is 2.76. The maximum absolute atomic E-state index is 13.6. The number of alkyl halides is 3. The van der Waals surface area contributed by atoms with Crippen LogP contribution in [0, 0.1) is 0 Å². The first kappa shape index (κ1) is 16.2. The predicted octanol–water partition coefficient (Wildman–Crippen LogP) is 3.50. The molecule has 22 heavy (non-hydrogen) atoms. The van der Waals surface area contributed by atoms with Crippen LogP contribution in [0.15, 0.2) is 48.5 Å². The van der Waals surface area contributed by atoms with E-state index >= 15 is 0 Å². The second-order valence-electron chi connectivity index (χ2n) is 4.67. The number of methoxy groups -OCH3 is 2. The molecule has 0 bridgehead atoms. The summed E-state index contributed by atoms with van der Waals surface area (Å²) in [6, 6.07) is 10.4. The maximum atomic E-state index is 13.6. The zero-order valence-electron chi connectivity index (χ0n) is 12.0. The second-order valence-corrected chi connectivity index (χ2v) is 4.67. The van der Waals surface area contributed by atoms with Gasteiger partial charge in [0.05, 0.1) is 14.2 Å². The summed E-state index contributed by atoms with van der Waals surface area (Å²) in [5.74, 6) is 0.632. The molecular formula is C16H15F3O3. The zero-order valence-corrected chi connectivity index (χ0v) is 12.0. The van der Waals surface area contributed by atoms with Crippen LogP contribution in [-0.2, 0) is 5.60 Å². The lowest BCUT2D eigenvalue weighted by Gasteiger charge is -2.31. The summed E-state index contributed by atoms with van der Waals surface area (Å²) in [4.78, 5) is 0. The molecule has 0 heterocycles. The molecule has 0 amide bonds. The van der Waals surface area contributed by atoms with Gasteiger partial charge in [-0.2, -0.15) is 13.2 Å². The third kappa shape index (κ3) is 2.74. The van der Waals surface area contributed by atoms with Gasteiger partial charge in [0.1, 0.15) is 11.5 Å². The molecule has 0 aliphatic heterocycles. The molecule has 0 saturated carbocycles. The summed E-state index contributed by atoms with van der Waals surface area (Å²) < 4.78 is 50.6. The highest BCUT2D eigenvalue weighted by atomic mass is 19.4. The van der Waals surface area contributed by atoms with E-state index in [-0.39, 0.29) is 16.9 Å². The van der Waals surface area contributed by atoms with Crippen LogP contribution in [0.3, 0.4) is 0 Å². The fourth-order valence-electron chi connectivity index (χ4n) is 2.17. The van der Waals surface area contributed by atoms with Crippen molar-refractivity contribution in [3.8, 4) is 11.5 Å². The molecule has 0 aromatic heterocycles. The summed E-state index contributed by atoms with van der Waals surface area (Å²) in [6.07, 6.45) is -4.89. The van der Waals surface area contributed by atoms with Crippen LogP contribution in [0.4, 0.5) is 13.2 Å². The molecule has 0 aliphatic rings.